The van der Waals surface area contributed by atoms with Crippen molar-refractivity contribution in [3.05, 3.63) is 52.1 Å². The number of aryl methyl sites for hydroxylation is 2. The Morgan fingerprint density at radius 3 is 2.50 bits per heavy atom. The topological polar surface area (TPSA) is 86.2 Å². The summed E-state index contributed by atoms with van der Waals surface area (Å²) in [6.07, 6.45) is -3.77. The predicted molar refractivity (Wildman–Crippen MR) is 95.0 cm³/mol. The molecule has 6 nitrogen and oxygen atoms in total. The molecule has 11 heteroatoms. The first kappa shape index (κ1) is 22.1. The number of ether oxygens (including phenoxy) is 1. The number of carbonyl (C=O) groups excluding carboxylic acids is 1. The van der Waals surface area contributed by atoms with E-state index in [0.29, 0.717) is 6.07 Å². The van der Waals surface area contributed by atoms with E-state index in [2.05, 4.69) is 14.7 Å². The lowest BCUT2D eigenvalue weighted by molar-refractivity contribution is -0.141. The second-order valence-corrected chi connectivity index (χ2v) is 8.33. The van der Waals surface area contributed by atoms with Gasteiger partial charge in [0.1, 0.15) is 10.8 Å². The van der Waals surface area contributed by atoms with Crippen molar-refractivity contribution in [1.82, 2.24) is 9.97 Å². The number of sulfone groups is 1. The van der Waals surface area contributed by atoms with Crippen LogP contribution in [0, 0.1) is 0 Å². The summed E-state index contributed by atoms with van der Waals surface area (Å²) in [5, 5.41) is 0.0730. The van der Waals surface area contributed by atoms with Crippen molar-refractivity contribution >= 4 is 27.4 Å². The van der Waals surface area contributed by atoms with Gasteiger partial charge in [0.25, 0.3) is 0 Å². The van der Waals surface area contributed by atoms with E-state index in [1.54, 1.807) is 0 Å². The maximum Gasteiger partial charge on any atom is 0.433 e. The highest BCUT2D eigenvalue weighted by molar-refractivity contribution is 7.91. The SMILES string of the molecule is CCS(=O)(=O)c1ccc(Cl)nc1CCc1cnc(C(F)(F)F)cc1C(=O)OC. The van der Waals surface area contributed by atoms with E-state index < -0.39 is 27.7 Å². The van der Waals surface area contributed by atoms with Gasteiger partial charge in [-0.3, -0.25) is 4.98 Å². The first-order chi connectivity index (χ1) is 13.0. The summed E-state index contributed by atoms with van der Waals surface area (Å²) in [5.74, 6) is -1.11. The Kier molecular flexibility index (Phi) is 6.66. The van der Waals surface area contributed by atoms with Crippen molar-refractivity contribution < 1.29 is 31.1 Å². The molecule has 0 aromatic carbocycles. The molecule has 2 aromatic rings. The molecule has 0 aliphatic rings. The number of hydrogen-bond donors (Lipinski definition) is 0. The van der Waals surface area contributed by atoms with Gasteiger partial charge in [0.15, 0.2) is 9.84 Å². The third-order valence-corrected chi connectivity index (χ3v) is 5.94. The van der Waals surface area contributed by atoms with Crippen LogP contribution in [0.15, 0.2) is 29.3 Å². The van der Waals surface area contributed by atoms with Crippen LogP contribution in [0.1, 0.15) is 34.2 Å². The zero-order valence-electron chi connectivity index (χ0n) is 14.9. The second-order valence-electron chi connectivity index (χ2n) is 5.70. The molecule has 0 saturated carbocycles. The first-order valence-corrected chi connectivity index (χ1v) is 10.0. The van der Waals surface area contributed by atoms with Crippen LogP contribution in [0.5, 0.6) is 0 Å². The Hall–Kier alpha value is -2.20. The molecule has 0 radical (unpaired) electrons. The highest BCUT2D eigenvalue weighted by Gasteiger charge is 2.34. The Morgan fingerprint density at radius 2 is 1.93 bits per heavy atom. The van der Waals surface area contributed by atoms with Crippen LogP contribution in [0.2, 0.25) is 5.15 Å². The van der Waals surface area contributed by atoms with Crippen molar-refractivity contribution in [2.45, 2.75) is 30.8 Å². The van der Waals surface area contributed by atoms with E-state index in [0.717, 1.165) is 13.3 Å². The van der Waals surface area contributed by atoms with Crippen LogP contribution in [-0.4, -0.2) is 37.2 Å². The molecule has 2 aromatic heterocycles. The van der Waals surface area contributed by atoms with Gasteiger partial charge in [0, 0.05) is 6.20 Å². The molecular formula is C17H16ClF3N2O4S. The lowest BCUT2D eigenvalue weighted by atomic mass is 10.0. The van der Waals surface area contributed by atoms with Gasteiger partial charge in [-0.15, -0.1) is 0 Å². The molecule has 0 saturated heterocycles. The largest absolute Gasteiger partial charge is 0.465 e. The van der Waals surface area contributed by atoms with E-state index in [-0.39, 0.29) is 45.5 Å². The van der Waals surface area contributed by atoms with E-state index in [1.807, 2.05) is 0 Å². The Balaban J connectivity index is 2.43. The third-order valence-electron chi connectivity index (χ3n) is 3.93. The van der Waals surface area contributed by atoms with Crippen molar-refractivity contribution in [1.29, 1.82) is 0 Å². The molecule has 152 valence electrons. The van der Waals surface area contributed by atoms with E-state index >= 15 is 0 Å². The predicted octanol–water partition coefficient (Wildman–Crippen LogP) is 3.51. The molecule has 0 spiro atoms. The number of methoxy groups -OCH3 is 1. The van der Waals surface area contributed by atoms with Crippen LogP contribution in [0.4, 0.5) is 13.2 Å². The molecule has 28 heavy (non-hydrogen) atoms. The van der Waals surface area contributed by atoms with Gasteiger partial charge in [0.2, 0.25) is 0 Å². The van der Waals surface area contributed by atoms with Gasteiger partial charge < -0.3 is 4.74 Å². The molecule has 2 heterocycles. The molecule has 0 fully saturated rings. The fraction of sp³-hybridized carbons (Fsp3) is 0.353. The highest BCUT2D eigenvalue weighted by Crippen LogP contribution is 2.29. The minimum absolute atomic E-state index is 0.00907. The third kappa shape index (κ3) is 4.99. The molecule has 0 atom stereocenters. The molecule has 0 bridgehead atoms. The Labute approximate surface area is 164 Å². The first-order valence-electron chi connectivity index (χ1n) is 8.02. The van der Waals surface area contributed by atoms with Gasteiger partial charge in [-0.2, -0.15) is 13.2 Å². The summed E-state index contributed by atoms with van der Waals surface area (Å²) in [4.78, 5) is 19.3. The maximum atomic E-state index is 12.9. The number of aromatic nitrogens is 2. The van der Waals surface area contributed by atoms with E-state index in [4.69, 9.17) is 11.6 Å². The molecule has 2 rings (SSSR count). The van der Waals surface area contributed by atoms with Gasteiger partial charge in [0.05, 0.1) is 29.0 Å². The molecule has 0 N–H and O–H groups in total. The van der Waals surface area contributed by atoms with E-state index in [9.17, 15) is 26.4 Å². The zero-order chi connectivity index (χ0) is 21.1. The number of alkyl halides is 3. The van der Waals surface area contributed by atoms with Crippen molar-refractivity contribution in [2.24, 2.45) is 0 Å². The van der Waals surface area contributed by atoms with Crippen LogP contribution in [0.3, 0.4) is 0 Å². The normalized spacial score (nSPS) is 12.1. The number of pyridine rings is 2. The summed E-state index contributed by atoms with van der Waals surface area (Å²) >= 11 is 5.85. The van der Waals surface area contributed by atoms with Gasteiger partial charge >= 0.3 is 12.1 Å². The fourth-order valence-electron chi connectivity index (χ4n) is 2.47. The standard InChI is InChI=1S/C17H16ClF3N2O4S/c1-3-28(25,26)13-6-7-15(18)23-12(13)5-4-10-9-22-14(17(19,20)21)8-11(10)16(24)27-2/h6-9H,3-5H2,1-2H3. The number of rotatable bonds is 6. The average Bonchev–Trinajstić information content (AvgIpc) is 2.64. The van der Waals surface area contributed by atoms with Crippen molar-refractivity contribution in [2.75, 3.05) is 12.9 Å². The summed E-state index contributed by atoms with van der Waals surface area (Å²) in [5.41, 5.74) is -1.20. The van der Waals surface area contributed by atoms with Gasteiger partial charge in [-0.1, -0.05) is 18.5 Å². The number of esters is 1. The number of hydrogen-bond acceptors (Lipinski definition) is 6. The molecular weight excluding hydrogens is 421 g/mol. The molecule has 0 aliphatic carbocycles. The summed E-state index contributed by atoms with van der Waals surface area (Å²) in [6.45, 7) is 1.48. The van der Waals surface area contributed by atoms with Crippen molar-refractivity contribution in [3.63, 3.8) is 0 Å². The monoisotopic (exact) mass is 436 g/mol. The van der Waals surface area contributed by atoms with Gasteiger partial charge in [-0.05, 0) is 36.6 Å². The summed E-state index contributed by atoms with van der Waals surface area (Å²) < 4.78 is 67.6. The molecule has 0 aliphatic heterocycles. The maximum absolute atomic E-state index is 12.9. The quantitative estimate of drug-likeness (QED) is 0.508. The van der Waals surface area contributed by atoms with Crippen LogP contribution in [-0.2, 0) is 33.6 Å². The second kappa shape index (κ2) is 8.44. The zero-order valence-corrected chi connectivity index (χ0v) is 16.5. The number of carbonyl (C=O) groups is 1. The lowest BCUT2D eigenvalue weighted by Crippen LogP contribution is -2.15. The average molecular weight is 437 g/mol. The lowest BCUT2D eigenvalue weighted by Gasteiger charge is -2.13. The van der Waals surface area contributed by atoms with Crippen LogP contribution < -0.4 is 0 Å². The summed E-state index contributed by atoms with van der Waals surface area (Å²) in [7, 11) is -2.54. The fourth-order valence-corrected chi connectivity index (χ4v) is 3.73. The van der Waals surface area contributed by atoms with Crippen LogP contribution in [0.25, 0.3) is 0 Å². The van der Waals surface area contributed by atoms with Crippen molar-refractivity contribution in [3.8, 4) is 0 Å². The van der Waals surface area contributed by atoms with Crippen LogP contribution >= 0.6 is 11.6 Å². The Bertz CT molecular complexity index is 994. The molecule has 0 unspecified atom stereocenters. The molecule has 0 amide bonds. The smallest absolute Gasteiger partial charge is 0.433 e. The van der Waals surface area contributed by atoms with Gasteiger partial charge in [-0.25, -0.2) is 18.2 Å². The summed E-state index contributed by atoms with van der Waals surface area (Å²) in [6, 6.07) is 3.28. The minimum Gasteiger partial charge on any atom is -0.465 e. The van der Waals surface area contributed by atoms with E-state index in [1.165, 1.54) is 19.1 Å². The number of nitrogens with zero attached hydrogens (tertiary/aromatic N) is 2. The Morgan fingerprint density at radius 1 is 1.25 bits per heavy atom. The number of halogens is 4. The minimum atomic E-state index is -4.72. The highest BCUT2D eigenvalue weighted by atomic mass is 35.5.